The van der Waals surface area contributed by atoms with Gasteiger partial charge < -0.3 is 10.1 Å². The van der Waals surface area contributed by atoms with E-state index in [-0.39, 0.29) is 29.1 Å². The van der Waals surface area contributed by atoms with Crippen molar-refractivity contribution in [3.63, 3.8) is 0 Å². The van der Waals surface area contributed by atoms with Crippen LogP contribution in [0.15, 0.2) is 28.2 Å². The quantitative estimate of drug-likeness (QED) is 0.648. The Balaban J connectivity index is 2.98. The first-order valence-corrected chi connectivity index (χ1v) is 3.51. The third-order valence-electron chi connectivity index (χ3n) is 1.22. The van der Waals surface area contributed by atoms with Crippen LogP contribution in [0.1, 0.15) is 0 Å². The molecule has 0 aromatic carbocycles. The van der Waals surface area contributed by atoms with Crippen LogP contribution < -0.4 is 5.32 Å². The van der Waals surface area contributed by atoms with E-state index in [2.05, 4.69) is 23.6 Å². The first-order chi connectivity index (χ1) is 5.65. The summed E-state index contributed by atoms with van der Waals surface area (Å²) in [6, 6.07) is 0. The van der Waals surface area contributed by atoms with Crippen LogP contribution in [0.2, 0.25) is 0 Å². The SMILES string of the molecule is C=NC1=C(C(=C)Cl)OCC(=O)N1. The number of allylic oxidation sites excluding steroid dienone is 1. The maximum absolute atomic E-state index is 10.8. The number of nitrogens with one attached hydrogen (secondary N) is 1. The summed E-state index contributed by atoms with van der Waals surface area (Å²) in [4.78, 5) is 14.3. The lowest BCUT2D eigenvalue weighted by atomic mass is 10.4. The molecule has 0 bridgehead atoms. The van der Waals surface area contributed by atoms with E-state index in [0.717, 1.165) is 0 Å². The fourth-order valence-electron chi connectivity index (χ4n) is 0.749. The van der Waals surface area contributed by atoms with E-state index in [1.807, 2.05) is 0 Å². The van der Waals surface area contributed by atoms with E-state index < -0.39 is 0 Å². The van der Waals surface area contributed by atoms with Crippen molar-refractivity contribution in [1.82, 2.24) is 5.32 Å². The van der Waals surface area contributed by atoms with E-state index in [1.54, 1.807) is 0 Å². The molecule has 0 saturated carbocycles. The Hall–Kier alpha value is -1.29. The fraction of sp³-hybridized carbons (Fsp3) is 0.143. The highest BCUT2D eigenvalue weighted by atomic mass is 35.5. The van der Waals surface area contributed by atoms with Gasteiger partial charge in [-0.15, -0.1) is 0 Å². The average molecular weight is 187 g/mol. The minimum Gasteiger partial charge on any atom is -0.478 e. The number of hydrogen-bond acceptors (Lipinski definition) is 3. The van der Waals surface area contributed by atoms with Gasteiger partial charge in [-0.3, -0.25) is 4.79 Å². The molecule has 0 unspecified atom stereocenters. The Morgan fingerprint density at radius 3 is 2.92 bits per heavy atom. The molecule has 1 rings (SSSR count). The second kappa shape index (κ2) is 3.40. The first kappa shape index (κ1) is 8.80. The molecular formula is C7H7ClN2O2. The number of amides is 1. The van der Waals surface area contributed by atoms with Crippen LogP contribution in [0.25, 0.3) is 0 Å². The predicted molar refractivity (Wildman–Crippen MR) is 45.7 cm³/mol. The van der Waals surface area contributed by atoms with E-state index >= 15 is 0 Å². The molecule has 1 aliphatic heterocycles. The summed E-state index contributed by atoms with van der Waals surface area (Å²) in [7, 11) is 0. The van der Waals surface area contributed by atoms with Gasteiger partial charge in [0.05, 0.1) is 5.03 Å². The van der Waals surface area contributed by atoms with Crippen molar-refractivity contribution in [2.75, 3.05) is 6.61 Å². The van der Waals surface area contributed by atoms with Gasteiger partial charge in [-0.2, -0.15) is 0 Å². The summed E-state index contributed by atoms with van der Waals surface area (Å²) in [5.41, 5.74) is 0. The molecule has 0 aliphatic carbocycles. The molecule has 0 spiro atoms. The standard InChI is InChI=1S/C7H7ClN2O2/c1-4(8)6-7(9-2)10-5(11)3-12-6/h1-3H2,(H,10,11). The van der Waals surface area contributed by atoms with Crippen molar-refractivity contribution in [2.45, 2.75) is 0 Å². The Bertz CT molecular complexity index is 283. The maximum atomic E-state index is 10.8. The van der Waals surface area contributed by atoms with Crippen molar-refractivity contribution in [2.24, 2.45) is 4.99 Å². The fourth-order valence-corrected chi connectivity index (χ4v) is 0.893. The van der Waals surface area contributed by atoms with Crippen molar-refractivity contribution in [3.05, 3.63) is 23.2 Å². The maximum Gasteiger partial charge on any atom is 0.263 e. The van der Waals surface area contributed by atoms with Crippen LogP contribution in [0, 0.1) is 0 Å². The largest absolute Gasteiger partial charge is 0.478 e. The number of hydrogen-bond donors (Lipinski definition) is 1. The second-order valence-electron chi connectivity index (χ2n) is 2.08. The molecule has 0 aromatic heterocycles. The van der Waals surface area contributed by atoms with E-state index in [9.17, 15) is 4.79 Å². The lowest BCUT2D eigenvalue weighted by Crippen LogP contribution is -2.32. The Kier molecular flexibility index (Phi) is 2.50. The Morgan fingerprint density at radius 2 is 2.42 bits per heavy atom. The molecule has 12 heavy (non-hydrogen) atoms. The number of carbonyl (C=O) groups is 1. The van der Waals surface area contributed by atoms with E-state index in [0.29, 0.717) is 0 Å². The van der Waals surface area contributed by atoms with Gasteiger partial charge >= 0.3 is 0 Å². The lowest BCUT2D eigenvalue weighted by molar-refractivity contribution is -0.124. The third kappa shape index (κ3) is 1.65. The monoisotopic (exact) mass is 186 g/mol. The molecule has 1 N–H and O–H groups in total. The molecule has 5 heteroatoms. The van der Waals surface area contributed by atoms with Gasteiger partial charge in [0.2, 0.25) is 0 Å². The van der Waals surface area contributed by atoms with Gasteiger partial charge in [0, 0.05) is 0 Å². The van der Waals surface area contributed by atoms with E-state index in [1.165, 1.54) is 0 Å². The Morgan fingerprint density at radius 1 is 1.75 bits per heavy atom. The van der Waals surface area contributed by atoms with Crippen LogP contribution in [-0.4, -0.2) is 19.2 Å². The van der Waals surface area contributed by atoms with Crippen LogP contribution in [0.4, 0.5) is 0 Å². The van der Waals surface area contributed by atoms with Crippen molar-refractivity contribution in [1.29, 1.82) is 0 Å². The van der Waals surface area contributed by atoms with Gasteiger partial charge in [-0.25, -0.2) is 4.99 Å². The van der Waals surface area contributed by atoms with Gasteiger partial charge in [0.15, 0.2) is 18.2 Å². The zero-order valence-corrected chi connectivity index (χ0v) is 7.02. The number of carbonyl (C=O) groups excluding carboxylic acids is 1. The molecule has 1 aliphatic rings. The summed E-state index contributed by atoms with van der Waals surface area (Å²) in [5, 5.41) is 2.63. The predicted octanol–water partition coefficient (Wildman–Crippen LogP) is 0.755. The van der Waals surface area contributed by atoms with Gasteiger partial charge in [0.1, 0.15) is 0 Å². The first-order valence-electron chi connectivity index (χ1n) is 3.13. The Labute approximate surface area is 74.6 Å². The zero-order chi connectivity index (χ0) is 9.14. The average Bonchev–Trinajstić information content (AvgIpc) is 2.03. The molecule has 0 aromatic rings. The number of ether oxygens (including phenoxy) is 1. The minimum atomic E-state index is -0.279. The van der Waals surface area contributed by atoms with Crippen LogP contribution >= 0.6 is 11.6 Å². The summed E-state index contributed by atoms with van der Waals surface area (Å²) in [5.74, 6) is 0.205. The summed E-state index contributed by atoms with van der Waals surface area (Å²) < 4.78 is 4.96. The molecule has 4 nitrogen and oxygen atoms in total. The normalized spacial score (nSPS) is 16.6. The molecule has 0 atom stereocenters. The molecule has 64 valence electrons. The zero-order valence-electron chi connectivity index (χ0n) is 6.26. The minimum absolute atomic E-state index is 0.0694. The molecule has 0 saturated heterocycles. The van der Waals surface area contributed by atoms with Gasteiger partial charge in [-0.1, -0.05) is 18.2 Å². The topological polar surface area (TPSA) is 50.7 Å². The summed E-state index contributed by atoms with van der Waals surface area (Å²) in [6.07, 6.45) is 0. The lowest BCUT2D eigenvalue weighted by Gasteiger charge is -2.17. The van der Waals surface area contributed by atoms with Crippen molar-refractivity contribution in [3.8, 4) is 0 Å². The number of nitrogens with zero attached hydrogens (tertiary/aromatic N) is 1. The van der Waals surface area contributed by atoms with Gasteiger partial charge in [-0.05, 0) is 6.72 Å². The second-order valence-corrected chi connectivity index (χ2v) is 2.53. The molecule has 1 amide bonds. The highest BCUT2D eigenvalue weighted by Crippen LogP contribution is 2.19. The highest BCUT2D eigenvalue weighted by Gasteiger charge is 2.19. The molecule has 0 radical (unpaired) electrons. The van der Waals surface area contributed by atoms with Crippen LogP contribution in [0.5, 0.6) is 0 Å². The molecule has 1 heterocycles. The van der Waals surface area contributed by atoms with E-state index in [4.69, 9.17) is 16.3 Å². The van der Waals surface area contributed by atoms with Crippen LogP contribution in [0.3, 0.4) is 0 Å². The van der Waals surface area contributed by atoms with Crippen molar-refractivity contribution >= 4 is 24.2 Å². The third-order valence-corrected chi connectivity index (χ3v) is 1.40. The number of aliphatic imine (C=N–C) groups is 1. The number of halogens is 1. The summed E-state index contributed by atoms with van der Waals surface area (Å²) in [6.45, 7) is 6.63. The molecule has 0 fully saturated rings. The van der Waals surface area contributed by atoms with Crippen molar-refractivity contribution < 1.29 is 9.53 Å². The highest BCUT2D eigenvalue weighted by molar-refractivity contribution is 6.31. The summed E-state index contributed by atoms with van der Waals surface area (Å²) >= 11 is 5.56. The molecular weight excluding hydrogens is 180 g/mol. The number of rotatable bonds is 2. The van der Waals surface area contributed by atoms with Gasteiger partial charge in [0.25, 0.3) is 5.91 Å². The smallest absolute Gasteiger partial charge is 0.263 e. The van der Waals surface area contributed by atoms with Crippen LogP contribution in [-0.2, 0) is 9.53 Å².